The van der Waals surface area contributed by atoms with Crippen LogP contribution in [0.4, 0.5) is 0 Å². The predicted octanol–water partition coefficient (Wildman–Crippen LogP) is 3.07. The number of hydrogen-bond donors (Lipinski definition) is 2. The molecule has 0 aliphatic carbocycles. The minimum absolute atomic E-state index is 0.184. The molecule has 0 unspecified atom stereocenters. The molecule has 0 atom stereocenters. The van der Waals surface area contributed by atoms with Gasteiger partial charge < -0.3 is 15.4 Å². The Morgan fingerprint density at radius 3 is 1.38 bits per heavy atom. The van der Waals surface area contributed by atoms with Crippen molar-refractivity contribution in [1.82, 2.24) is 0 Å². The molecule has 0 spiro atoms. The largest absolute Gasteiger partial charge is 0.619 e. The topological polar surface area (TPSA) is 67.4 Å². The summed E-state index contributed by atoms with van der Waals surface area (Å²) in [5, 5.41) is 30.5. The van der Waals surface area contributed by atoms with Crippen molar-refractivity contribution in [1.29, 1.82) is 0 Å². The Kier molecular flexibility index (Phi) is 3.20. The predicted molar refractivity (Wildman–Crippen MR) is 79.6 cm³/mol. The number of phenolic OH excluding ortho intramolecular Hbond substituents is 2. The third kappa shape index (κ3) is 2.79. The lowest BCUT2D eigenvalue weighted by Gasteiger charge is -2.07. The summed E-state index contributed by atoms with van der Waals surface area (Å²) in [4.78, 5) is 0. The van der Waals surface area contributed by atoms with Crippen molar-refractivity contribution in [3.05, 3.63) is 72.2 Å². The summed E-state index contributed by atoms with van der Waals surface area (Å²) >= 11 is 0. The van der Waals surface area contributed by atoms with Crippen LogP contribution in [0.5, 0.6) is 11.5 Å². The molecule has 0 aliphatic rings. The molecule has 2 aromatic carbocycles. The molecule has 0 fully saturated rings. The highest BCUT2D eigenvalue weighted by molar-refractivity contribution is 5.71. The molecule has 1 aromatic heterocycles. The van der Waals surface area contributed by atoms with E-state index < -0.39 is 0 Å². The van der Waals surface area contributed by atoms with Gasteiger partial charge in [0.15, 0.2) is 12.4 Å². The number of pyridine rings is 1. The van der Waals surface area contributed by atoms with Crippen molar-refractivity contribution >= 4 is 0 Å². The quantitative estimate of drug-likeness (QED) is 0.559. The van der Waals surface area contributed by atoms with Gasteiger partial charge in [-0.1, -0.05) is 24.3 Å². The highest BCUT2D eigenvalue weighted by Gasteiger charge is 2.08. The van der Waals surface area contributed by atoms with Gasteiger partial charge in [-0.3, -0.25) is 0 Å². The van der Waals surface area contributed by atoms with Crippen LogP contribution in [0.3, 0.4) is 0 Å². The molecule has 4 heteroatoms. The van der Waals surface area contributed by atoms with E-state index in [1.807, 2.05) is 6.07 Å². The number of nitrogens with zero attached hydrogens (tertiary/aromatic N) is 1. The summed E-state index contributed by atoms with van der Waals surface area (Å²) < 4.78 is 0.754. The van der Waals surface area contributed by atoms with Crippen molar-refractivity contribution < 1.29 is 14.9 Å². The fraction of sp³-hybridized carbons (Fsp3) is 0. The van der Waals surface area contributed by atoms with E-state index in [0.29, 0.717) is 0 Å². The van der Waals surface area contributed by atoms with E-state index in [2.05, 4.69) is 0 Å². The molecule has 1 heterocycles. The molecule has 21 heavy (non-hydrogen) atoms. The summed E-state index contributed by atoms with van der Waals surface area (Å²) in [5.41, 5.74) is 3.21. The zero-order valence-corrected chi connectivity index (χ0v) is 11.1. The van der Waals surface area contributed by atoms with Crippen LogP contribution < -0.4 is 4.73 Å². The van der Waals surface area contributed by atoms with E-state index in [9.17, 15) is 15.4 Å². The fourth-order valence-corrected chi connectivity index (χ4v) is 2.18. The smallest absolute Gasteiger partial charge is 0.188 e. The minimum atomic E-state index is 0.184. The van der Waals surface area contributed by atoms with Gasteiger partial charge in [0.2, 0.25) is 0 Å². The molecule has 0 bridgehead atoms. The molecule has 0 saturated heterocycles. The lowest BCUT2D eigenvalue weighted by Crippen LogP contribution is -2.25. The van der Waals surface area contributed by atoms with Gasteiger partial charge >= 0.3 is 0 Å². The number of benzene rings is 2. The molecule has 2 N–H and O–H groups in total. The molecule has 4 nitrogen and oxygen atoms in total. The Morgan fingerprint density at radius 1 is 0.619 bits per heavy atom. The molecule has 0 radical (unpaired) electrons. The van der Waals surface area contributed by atoms with E-state index >= 15 is 0 Å². The highest BCUT2D eigenvalue weighted by Crippen LogP contribution is 2.26. The Morgan fingerprint density at radius 2 is 1.00 bits per heavy atom. The van der Waals surface area contributed by atoms with Crippen LogP contribution in [0.25, 0.3) is 22.3 Å². The number of aromatic nitrogens is 1. The monoisotopic (exact) mass is 279 g/mol. The molecular formula is C17H13NO3. The van der Waals surface area contributed by atoms with Gasteiger partial charge in [0.05, 0.1) is 0 Å². The van der Waals surface area contributed by atoms with Crippen molar-refractivity contribution in [2.24, 2.45) is 0 Å². The summed E-state index contributed by atoms with van der Waals surface area (Å²) in [6.07, 6.45) is 2.96. The van der Waals surface area contributed by atoms with Crippen LogP contribution in [-0.2, 0) is 0 Å². The van der Waals surface area contributed by atoms with Crippen LogP contribution in [0.15, 0.2) is 67.0 Å². The standard InChI is InChI=1S/C17H13NO3/c19-16-5-1-12(2-6-16)14-9-15(11-18(21)10-14)13-3-7-17(20)8-4-13/h1-11,19-20H. The average molecular weight is 279 g/mol. The Bertz CT molecular complexity index is 701. The third-order valence-corrected chi connectivity index (χ3v) is 3.24. The third-order valence-electron chi connectivity index (χ3n) is 3.24. The van der Waals surface area contributed by atoms with E-state index in [4.69, 9.17) is 0 Å². The van der Waals surface area contributed by atoms with Crippen molar-refractivity contribution in [3.63, 3.8) is 0 Å². The Balaban J connectivity index is 2.07. The number of aromatic hydroxyl groups is 2. The maximum Gasteiger partial charge on any atom is 0.188 e. The molecule has 0 saturated carbocycles. The van der Waals surface area contributed by atoms with Gasteiger partial charge in [-0.25, -0.2) is 0 Å². The average Bonchev–Trinajstić information content (AvgIpc) is 2.48. The minimum Gasteiger partial charge on any atom is -0.619 e. The summed E-state index contributed by atoms with van der Waals surface area (Å²) in [7, 11) is 0. The summed E-state index contributed by atoms with van der Waals surface area (Å²) in [5.74, 6) is 0.367. The molecule has 3 aromatic rings. The maximum atomic E-state index is 11.8. The van der Waals surface area contributed by atoms with Gasteiger partial charge in [-0.15, -0.1) is 0 Å². The Hall–Kier alpha value is -3.01. The van der Waals surface area contributed by atoms with E-state index in [1.165, 1.54) is 12.4 Å². The first kappa shape index (κ1) is 13.0. The van der Waals surface area contributed by atoms with E-state index in [-0.39, 0.29) is 11.5 Å². The zero-order valence-electron chi connectivity index (χ0n) is 11.1. The molecule has 0 aliphatic heterocycles. The lowest BCUT2D eigenvalue weighted by atomic mass is 10.0. The number of hydrogen-bond acceptors (Lipinski definition) is 3. The normalized spacial score (nSPS) is 10.5. The second-order valence-corrected chi connectivity index (χ2v) is 4.77. The SMILES string of the molecule is [O-][n+]1cc(-c2ccc(O)cc2)cc(-c2ccc(O)cc2)c1. The van der Waals surface area contributed by atoms with E-state index in [1.54, 1.807) is 48.5 Å². The van der Waals surface area contributed by atoms with Gasteiger partial charge in [0.1, 0.15) is 11.5 Å². The van der Waals surface area contributed by atoms with Gasteiger partial charge in [0, 0.05) is 11.1 Å². The van der Waals surface area contributed by atoms with Gasteiger partial charge in [0.25, 0.3) is 0 Å². The number of rotatable bonds is 2. The van der Waals surface area contributed by atoms with Crippen molar-refractivity contribution in [2.75, 3.05) is 0 Å². The first-order valence-electron chi connectivity index (χ1n) is 6.44. The second-order valence-electron chi connectivity index (χ2n) is 4.77. The molecule has 104 valence electrons. The summed E-state index contributed by atoms with van der Waals surface area (Å²) in [6, 6.07) is 15.2. The van der Waals surface area contributed by atoms with E-state index in [0.717, 1.165) is 27.0 Å². The van der Waals surface area contributed by atoms with Gasteiger partial charge in [-0.2, -0.15) is 4.73 Å². The van der Waals surface area contributed by atoms with Crippen molar-refractivity contribution in [2.45, 2.75) is 0 Å². The van der Waals surface area contributed by atoms with Crippen LogP contribution >= 0.6 is 0 Å². The van der Waals surface area contributed by atoms with Crippen LogP contribution in [0.2, 0.25) is 0 Å². The highest BCUT2D eigenvalue weighted by atomic mass is 16.5. The fourth-order valence-electron chi connectivity index (χ4n) is 2.18. The first-order chi connectivity index (χ1) is 10.1. The summed E-state index contributed by atoms with van der Waals surface area (Å²) in [6.45, 7) is 0. The lowest BCUT2D eigenvalue weighted by molar-refractivity contribution is -0.604. The van der Waals surface area contributed by atoms with Crippen LogP contribution in [0.1, 0.15) is 0 Å². The molecular weight excluding hydrogens is 266 g/mol. The molecule has 3 rings (SSSR count). The Labute approximate surface area is 121 Å². The van der Waals surface area contributed by atoms with Crippen LogP contribution in [0, 0.1) is 5.21 Å². The van der Waals surface area contributed by atoms with Gasteiger partial charge in [-0.05, 0) is 41.5 Å². The number of phenols is 2. The maximum absolute atomic E-state index is 11.8. The van der Waals surface area contributed by atoms with Crippen molar-refractivity contribution in [3.8, 4) is 33.8 Å². The second kappa shape index (κ2) is 5.17. The zero-order chi connectivity index (χ0) is 14.8. The first-order valence-corrected chi connectivity index (χ1v) is 6.44. The van der Waals surface area contributed by atoms with Crippen LogP contribution in [-0.4, -0.2) is 10.2 Å². The molecule has 0 amide bonds.